The predicted octanol–water partition coefficient (Wildman–Crippen LogP) is 1.52. The van der Waals surface area contributed by atoms with Gasteiger partial charge in [-0.2, -0.15) is 0 Å². The second kappa shape index (κ2) is 11.7. The monoisotopic (exact) mass is 409 g/mol. The van der Waals surface area contributed by atoms with Crippen molar-refractivity contribution >= 4 is 23.6 Å². The Morgan fingerprint density at radius 3 is 2.28 bits per heavy atom. The summed E-state index contributed by atoms with van der Waals surface area (Å²) in [4.78, 5) is 46.9. The maximum absolute atomic E-state index is 11.9. The standard InChI is InChI=1S/C20H27NO8/c1-12(2)8-15(20(25)27-5)21-18(23)10-29-19(24)11-28-16-7-6-14(13(3)22)9-17(16)26-4/h6-7,9,12,15H,8,10-11H2,1-5H3,(H,21,23). The van der Waals surface area contributed by atoms with Gasteiger partial charge in [0.2, 0.25) is 0 Å². The highest BCUT2D eigenvalue weighted by Gasteiger charge is 2.23. The van der Waals surface area contributed by atoms with Gasteiger partial charge >= 0.3 is 11.9 Å². The van der Waals surface area contributed by atoms with Crippen LogP contribution in [0.5, 0.6) is 11.5 Å². The average molecular weight is 409 g/mol. The van der Waals surface area contributed by atoms with Crippen LogP contribution in [-0.4, -0.2) is 57.1 Å². The fraction of sp³-hybridized carbons (Fsp3) is 0.500. The number of hydrogen-bond acceptors (Lipinski definition) is 8. The van der Waals surface area contributed by atoms with Crippen LogP contribution >= 0.6 is 0 Å². The molecule has 1 aromatic carbocycles. The second-order valence-corrected chi connectivity index (χ2v) is 6.64. The number of amides is 1. The molecule has 1 rings (SSSR count). The third-order valence-electron chi connectivity index (χ3n) is 3.81. The molecule has 9 heteroatoms. The van der Waals surface area contributed by atoms with Gasteiger partial charge in [0.25, 0.3) is 5.91 Å². The van der Waals surface area contributed by atoms with E-state index in [0.717, 1.165) is 0 Å². The van der Waals surface area contributed by atoms with E-state index in [0.29, 0.717) is 12.0 Å². The maximum Gasteiger partial charge on any atom is 0.344 e. The normalized spacial score (nSPS) is 11.4. The van der Waals surface area contributed by atoms with Crippen molar-refractivity contribution in [3.8, 4) is 11.5 Å². The van der Waals surface area contributed by atoms with Crippen LogP contribution in [0.4, 0.5) is 0 Å². The molecule has 0 saturated heterocycles. The van der Waals surface area contributed by atoms with Gasteiger partial charge in [0, 0.05) is 5.56 Å². The number of ketones is 1. The number of carbonyl (C=O) groups excluding carboxylic acids is 4. The molecule has 0 saturated carbocycles. The number of Topliss-reactive ketones (excluding diaryl/α,β-unsaturated/α-hetero) is 1. The SMILES string of the molecule is COC(=O)C(CC(C)C)NC(=O)COC(=O)COc1ccc(C(C)=O)cc1OC. The van der Waals surface area contributed by atoms with E-state index in [9.17, 15) is 19.2 Å². The molecule has 0 fully saturated rings. The second-order valence-electron chi connectivity index (χ2n) is 6.64. The van der Waals surface area contributed by atoms with Crippen LogP contribution in [0.3, 0.4) is 0 Å². The molecule has 0 heterocycles. The first-order valence-electron chi connectivity index (χ1n) is 9.02. The zero-order valence-electron chi connectivity index (χ0n) is 17.3. The lowest BCUT2D eigenvalue weighted by atomic mass is 10.0. The first kappa shape index (κ1) is 23.9. The fourth-order valence-corrected chi connectivity index (χ4v) is 2.39. The molecule has 1 amide bonds. The first-order chi connectivity index (χ1) is 13.7. The molecular weight excluding hydrogens is 382 g/mol. The number of ether oxygens (including phenoxy) is 4. The van der Waals surface area contributed by atoms with Gasteiger partial charge in [0.1, 0.15) is 6.04 Å². The van der Waals surface area contributed by atoms with Crippen LogP contribution in [0, 0.1) is 5.92 Å². The molecule has 9 nitrogen and oxygen atoms in total. The Kier molecular flexibility index (Phi) is 9.64. The molecule has 0 bridgehead atoms. The Bertz CT molecular complexity index is 744. The van der Waals surface area contributed by atoms with Crippen LogP contribution in [0.2, 0.25) is 0 Å². The van der Waals surface area contributed by atoms with Crippen LogP contribution in [0.15, 0.2) is 18.2 Å². The van der Waals surface area contributed by atoms with E-state index in [-0.39, 0.29) is 23.2 Å². The van der Waals surface area contributed by atoms with Crippen LogP contribution < -0.4 is 14.8 Å². The highest BCUT2D eigenvalue weighted by atomic mass is 16.6. The third kappa shape index (κ3) is 8.20. The number of carbonyl (C=O) groups is 4. The Balaban J connectivity index is 2.53. The minimum Gasteiger partial charge on any atom is -0.493 e. The van der Waals surface area contributed by atoms with E-state index in [4.69, 9.17) is 14.2 Å². The summed E-state index contributed by atoms with van der Waals surface area (Å²) in [5, 5.41) is 2.48. The molecule has 1 unspecified atom stereocenters. The number of esters is 2. The summed E-state index contributed by atoms with van der Waals surface area (Å²) in [5.74, 6) is -1.42. The summed E-state index contributed by atoms with van der Waals surface area (Å²) in [6.45, 7) is 4.20. The van der Waals surface area contributed by atoms with E-state index < -0.39 is 37.1 Å². The Morgan fingerprint density at radius 2 is 1.72 bits per heavy atom. The van der Waals surface area contributed by atoms with Gasteiger partial charge in [-0.15, -0.1) is 0 Å². The molecule has 0 aliphatic carbocycles. The van der Waals surface area contributed by atoms with Gasteiger partial charge in [-0.25, -0.2) is 9.59 Å². The highest BCUT2D eigenvalue weighted by molar-refractivity contribution is 5.94. The topological polar surface area (TPSA) is 117 Å². The Morgan fingerprint density at radius 1 is 1.03 bits per heavy atom. The lowest BCUT2D eigenvalue weighted by Crippen LogP contribution is -2.44. The summed E-state index contributed by atoms with van der Waals surface area (Å²) in [7, 11) is 2.64. The van der Waals surface area contributed by atoms with Crippen molar-refractivity contribution < 1.29 is 38.1 Å². The van der Waals surface area contributed by atoms with Crippen LogP contribution in [0.25, 0.3) is 0 Å². The number of nitrogens with one attached hydrogen (secondary N) is 1. The zero-order valence-corrected chi connectivity index (χ0v) is 17.3. The Hall–Kier alpha value is -3.10. The molecule has 160 valence electrons. The van der Waals surface area contributed by atoms with Crippen molar-refractivity contribution in [1.29, 1.82) is 0 Å². The van der Waals surface area contributed by atoms with E-state index in [1.807, 2.05) is 13.8 Å². The fourth-order valence-electron chi connectivity index (χ4n) is 2.39. The highest BCUT2D eigenvalue weighted by Crippen LogP contribution is 2.28. The van der Waals surface area contributed by atoms with Gasteiger partial charge in [0.05, 0.1) is 14.2 Å². The summed E-state index contributed by atoms with van der Waals surface area (Å²) in [6, 6.07) is 3.73. The van der Waals surface area contributed by atoms with Crippen molar-refractivity contribution in [3.63, 3.8) is 0 Å². The first-order valence-corrected chi connectivity index (χ1v) is 9.02. The summed E-state index contributed by atoms with van der Waals surface area (Å²) in [6.07, 6.45) is 0.394. The van der Waals surface area contributed by atoms with Crippen molar-refractivity contribution in [2.75, 3.05) is 27.4 Å². The van der Waals surface area contributed by atoms with Gasteiger partial charge in [-0.3, -0.25) is 9.59 Å². The van der Waals surface area contributed by atoms with E-state index in [2.05, 4.69) is 10.1 Å². The smallest absolute Gasteiger partial charge is 0.344 e. The van der Waals surface area contributed by atoms with Crippen molar-refractivity contribution in [1.82, 2.24) is 5.32 Å². The molecule has 29 heavy (non-hydrogen) atoms. The quantitative estimate of drug-likeness (QED) is 0.432. The summed E-state index contributed by atoms with van der Waals surface area (Å²) in [5.41, 5.74) is 0.440. The number of methoxy groups -OCH3 is 2. The molecule has 1 aromatic rings. The molecule has 0 aliphatic rings. The lowest BCUT2D eigenvalue weighted by molar-refractivity contribution is -0.151. The van der Waals surface area contributed by atoms with Gasteiger partial charge < -0.3 is 24.3 Å². The summed E-state index contributed by atoms with van der Waals surface area (Å²) < 4.78 is 20.0. The number of rotatable bonds is 11. The van der Waals surface area contributed by atoms with Gasteiger partial charge in [-0.05, 0) is 37.5 Å². The molecular formula is C20H27NO8. The predicted molar refractivity (Wildman–Crippen MR) is 103 cm³/mol. The molecule has 0 aliphatic heterocycles. The number of hydrogen-bond donors (Lipinski definition) is 1. The molecule has 0 radical (unpaired) electrons. The maximum atomic E-state index is 11.9. The molecule has 1 N–H and O–H groups in total. The third-order valence-corrected chi connectivity index (χ3v) is 3.81. The van der Waals surface area contributed by atoms with E-state index >= 15 is 0 Å². The molecule has 0 aromatic heterocycles. The van der Waals surface area contributed by atoms with Crippen molar-refractivity contribution in [2.24, 2.45) is 5.92 Å². The lowest BCUT2D eigenvalue weighted by Gasteiger charge is -2.18. The zero-order chi connectivity index (χ0) is 22.0. The van der Waals surface area contributed by atoms with E-state index in [1.54, 1.807) is 6.07 Å². The molecule has 0 spiro atoms. The van der Waals surface area contributed by atoms with Crippen molar-refractivity contribution in [2.45, 2.75) is 33.2 Å². The largest absolute Gasteiger partial charge is 0.493 e. The van der Waals surface area contributed by atoms with Gasteiger partial charge in [-0.1, -0.05) is 13.8 Å². The Labute approximate surface area is 169 Å². The van der Waals surface area contributed by atoms with Crippen LogP contribution in [-0.2, 0) is 23.9 Å². The van der Waals surface area contributed by atoms with Crippen LogP contribution in [0.1, 0.15) is 37.6 Å². The summed E-state index contributed by atoms with van der Waals surface area (Å²) >= 11 is 0. The van der Waals surface area contributed by atoms with Gasteiger partial charge in [0.15, 0.2) is 30.5 Å². The molecule has 1 atom stereocenters. The minimum absolute atomic E-state index is 0.136. The minimum atomic E-state index is -0.813. The number of benzene rings is 1. The average Bonchev–Trinajstić information content (AvgIpc) is 2.68. The van der Waals surface area contributed by atoms with Crippen molar-refractivity contribution in [3.05, 3.63) is 23.8 Å². The van der Waals surface area contributed by atoms with E-state index in [1.165, 1.54) is 33.3 Å².